The molecule has 0 aromatic rings. The van der Waals surface area contributed by atoms with Gasteiger partial charge in [0.1, 0.15) is 0 Å². The third-order valence-corrected chi connectivity index (χ3v) is 3.47. The van der Waals surface area contributed by atoms with Crippen molar-refractivity contribution < 1.29 is 15.0 Å². The third-order valence-electron chi connectivity index (χ3n) is 3.47. The molecule has 0 rings (SSSR count). The van der Waals surface area contributed by atoms with Gasteiger partial charge in [0.05, 0.1) is 0 Å². The van der Waals surface area contributed by atoms with Gasteiger partial charge in [-0.2, -0.15) is 0 Å². The van der Waals surface area contributed by atoms with E-state index in [4.69, 9.17) is 5.11 Å². The number of carbonyl (C=O) groups is 1. The zero-order valence-corrected chi connectivity index (χ0v) is 10.8. The second kappa shape index (κ2) is 7.66. The minimum absolute atomic E-state index is 0.170. The van der Waals surface area contributed by atoms with Gasteiger partial charge in [0.15, 0.2) is 5.60 Å². The molecule has 3 heteroatoms. The Labute approximate surface area is 98.9 Å². The summed E-state index contributed by atoms with van der Waals surface area (Å²) in [5.41, 5.74) is -1.54. The van der Waals surface area contributed by atoms with Gasteiger partial charge in [-0.05, 0) is 18.8 Å². The maximum absolute atomic E-state index is 11.0. The zero-order chi connectivity index (χ0) is 12.6. The molecule has 0 amide bonds. The van der Waals surface area contributed by atoms with Crippen molar-refractivity contribution in [3.8, 4) is 0 Å². The van der Waals surface area contributed by atoms with Gasteiger partial charge in [0.25, 0.3) is 0 Å². The summed E-state index contributed by atoms with van der Waals surface area (Å²) >= 11 is 0. The van der Waals surface area contributed by atoms with Crippen LogP contribution in [0.1, 0.15) is 65.7 Å². The number of unbranched alkanes of at least 4 members (excludes halogenated alkanes) is 4. The Bertz CT molecular complexity index is 203. The average Bonchev–Trinajstić information content (AvgIpc) is 2.27. The summed E-state index contributed by atoms with van der Waals surface area (Å²) in [6.07, 6.45) is 6.88. The van der Waals surface area contributed by atoms with E-state index in [9.17, 15) is 9.90 Å². The fourth-order valence-electron chi connectivity index (χ4n) is 2.00. The maximum atomic E-state index is 11.0. The Balaban J connectivity index is 3.94. The molecule has 0 saturated heterocycles. The van der Waals surface area contributed by atoms with Crippen molar-refractivity contribution in [3.63, 3.8) is 0 Å². The Morgan fingerprint density at radius 3 is 2.19 bits per heavy atom. The Morgan fingerprint density at radius 2 is 1.75 bits per heavy atom. The van der Waals surface area contributed by atoms with Crippen LogP contribution in [-0.2, 0) is 4.79 Å². The molecule has 0 radical (unpaired) electrons. The summed E-state index contributed by atoms with van der Waals surface area (Å²) in [7, 11) is 0. The number of hydrogen-bond acceptors (Lipinski definition) is 2. The summed E-state index contributed by atoms with van der Waals surface area (Å²) in [5.74, 6) is -1.26. The number of aliphatic carboxylic acids is 1. The van der Waals surface area contributed by atoms with Crippen molar-refractivity contribution in [1.29, 1.82) is 0 Å². The Hall–Kier alpha value is -0.570. The van der Waals surface area contributed by atoms with E-state index in [1.54, 1.807) is 6.92 Å². The van der Waals surface area contributed by atoms with Gasteiger partial charge in [-0.25, -0.2) is 4.79 Å². The highest BCUT2D eigenvalue weighted by molar-refractivity contribution is 5.77. The monoisotopic (exact) mass is 230 g/mol. The van der Waals surface area contributed by atoms with E-state index in [1.165, 1.54) is 19.3 Å². The van der Waals surface area contributed by atoms with Crippen LogP contribution < -0.4 is 0 Å². The van der Waals surface area contributed by atoms with E-state index < -0.39 is 11.6 Å². The van der Waals surface area contributed by atoms with Gasteiger partial charge in [-0.15, -0.1) is 0 Å². The fraction of sp³-hybridized carbons (Fsp3) is 0.923. The van der Waals surface area contributed by atoms with Crippen LogP contribution in [0.2, 0.25) is 0 Å². The molecular formula is C13H26O3. The Kier molecular flexibility index (Phi) is 7.39. The molecule has 2 N–H and O–H groups in total. The summed E-state index contributed by atoms with van der Waals surface area (Å²) in [5, 5.41) is 19.0. The summed E-state index contributed by atoms with van der Waals surface area (Å²) < 4.78 is 0. The molecular weight excluding hydrogens is 204 g/mol. The van der Waals surface area contributed by atoms with Crippen LogP contribution in [0.5, 0.6) is 0 Å². The number of aliphatic hydroxyl groups is 1. The molecule has 0 aromatic heterocycles. The van der Waals surface area contributed by atoms with Crippen molar-refractivity contribution >= 4 is 5.97 Å². The molecule has 0 heterocycles. The lowest BCUT2D eigenvalue weighted by Gasteiger charge is -2.28. The van der Waals surface area contributed by atoms with Crippen molar-refractivity contribution in [2.45, 2.75) is 71.3 Å². The molecule has 96 valence electrons. The minimum Gasteiger partial charge on any atom is -0.479 e. The molecule has 0 spiro atoms. The van der Waals surface area contributed by atoms with Gasteiger partial charge in [0, 0.05) is 0 Å². The standard InChI is InChI=1S/C13H26O3/c1-4-6-7-8-9-10-11(3)13(16,5-2)12(14)15/h11,16H,4-10H2,1-3H3,(H,14,15). The normalized spacial score (nSPS) is 16.8. The lowest BCUT2D eigenvalue weighted by atomic mass is 9.83. The largest absolute Gasteiger partial charge is 0.479 e. The highest BCUT2D eigenvalue weighted by atomic mass is 16.4. The van der Waals surface area contributed by atoms with Gasteiger partial charge in [-0.3, -0.25) is 0 Å². The van der Waals surface area contributed by atoms with Gasteiger partial charge >= 0.3 is 5.97 Å². The van der Waals surface area contributed by atoms with Crippen LogP contribution in [0, 0.1) is 5.92 Å². The third kappa shape index (κ3) is 4.52. The van der Waals surface area contributed by atoms with Gasteiger partial charge < -0.3 is 10.2 Å². The molecule has 0 aliphatic rings. The lowest BCUT2D eigenvalue weighted by Crippen LogP contribution is -2.44. The smallest absolute Gasteiger partial charge is 0.335 e. The molecule has 0 aliphatic heterocycles. The fourth-order valence-corrected chi connectivity index (χ4v) is 2.00. The van der Waals surface area contributed by atoms with Crippen LogP contribution in [0.25, 0.3) is 0 Å². The molecule has 0 aliphatic carbocycles. The van der Waals surface area contributed by atoms with Crippen molar-refractivity contribution in [2.75, 3.05) is 0 Å². The average molecular weight is 230 g/mol. The summed E-state index contributed by atoms with van der Waals surface area (Å²) in [4.78, 5) is 11.0. The zero-order valence-electron chi connectivity index (χ0n) is 10.8. The second-order valence-corrected chi connectivity index (χ2v) is 4.69. The second-order valence-electron chi connectivity index (χ2n) is 4.69. The van der Waals surface area contributed by atoms with E-state index in [2.05, 4.69) is 6.92 Å². The molecule has 0 aromatic carbocycles. The molecule has 16 heavy (non-hydrogen) atoms. The molecule has 2 atom stereocenters. The molecule has 3 nitrogen and oxygen atoms in total. The predicted octanol–water partition coefficient (Wildman–Crippen LogP) is 3.21. The first-order valence-corrected chi connectivity index (χ1v) is 6.44. The molecule has 0 fully saturated rings. The van der Waals surface area contributed by atoms with E-state index >= 15 is 0 Å². The molecule has 2 unspecified atom stereocenters. The van der Waals surface area contributed by atoms with Crippen molar-refractivity contribution in [1.82, 2.24) is 0 Å². The topological polar surface area (TPSA) is 57.5 Å². The predicted molar refractivity (Wildman–Crippen MR) is 65.4 cm³/mol. The number of carboxylic acid groups (broad SMARTS) is 1. The van der Waals surface area contributed by atoms with Crippen LogP contribution in [0.3, 0.4) is 0 Å². The van der Waals surface area contributed by atoms with E-state index in [-0.39, 0.29) is 12.3 Å². The summed E-state index contributed by atoms with van der Waals surface area (Å²) in [6, 6.07) is 0. The van der Waals surface area contributed by atoms with Crippen LogP contribution in [0.15, 0.2) is 0 Å². The number of hydrogen-bond donors (Lipinski definition) is 2. The number of rotatable bonds is 9. The van der Waals surface area contributed by atoms with Crippen molar-refractivity contribution in [2.24, 2.45) is 5.92 Å². The minimum atomic E-state index is -1.54. The van der Waals surface area contributed by atoms with Crippen molar-refractivity contribution in [3.05, 3.63) is 0 Å². The van der Waals surface area contributed by atoms with Crippen LogP contribution in [0.4, 0.5) is 0 Å². The summed E-state index contributed by atoms with van der Waals surface area (Å²) in [6.45, 7) is 5.72. The van der Waals surface area contributed by atoms with E-state index in [0.717, 1.165) is 19.3 Å². The SMILES string of the molecule is CCCCCCCC(C)C(O)(CC)C(=O)O. The Morgan fingerprint density at radius 1 is 1.19 bits per heavy atom. The van der Waals surface area contributed by atoms with Crippen LogP contribution >= 0.6 is 0 Å². The van der Waals surface area contributed by atoms with E-state index in [1.807, 2.05) is 6.92 Å². The number of carboxylic acids is 1. The van der Waals surface area contributed by atoms with E-state index in [0.29, 0.717) is 0 Å². The first-order valence-electron chi connectivity index (χ1n) is 6.44. The first kappa shape index (κ1) is 15.4. The van der Waals surface area contributed by atoms with Gasteiger partial charge in [0.2, 0.25) is 0 Å². The lowest BCUT2D eigenvalue weighted by molar-refractivity contribution is -0.165. The first-order chi connectivity index (χ1) is 7.49. The quantitative estimate of drug-likeness (QED) is 0.598. The molecule has 0 bridgehead atoms. The van der Waals surface area contributed by atoms with Crippen LogP contribution in [-0.4, -0.2) is 21.8 Å². The van der Waals surface area contributed by atoms with Gasteiger partial charge in [-0.1, -0.05) is 52.9 Å². The highest BCUT2D eigenvalue weighted by Crippen LogP contribution is 2.26. The maximum Gasteiger partial charge on any atom is 0.335 e. The molecule has 0 saturated carbocycles. The highest BCUT2D eigenvalue weighted by Gasteiger charge is 2.39.